The first-order chi connectivity index (χ1) is 8.68. The summed E-state index contributed by atoms with van der Waals surface area (Å²) in [4.78, 5) is 13.5. The van der Waals surface area contributed by atoms with E-state index < -0.39 is 0 Å². The first kappa shape index (κ1) is 12.0. The highest BCUT2D eigenvalue weighted by molar-refractivity contribution is 7.58. The zero-order valence-corrected chi connectivity index (χ0v) is 11.4. The lowest BCUT2D eigenvalue weighted by atomic mass is 10.2. The van der Waals surface area contributed by atoms with Gasteiger partial charge in [-0.05, 0) is 12.5 Å². The van der Waals surface area contributed by atoms with Gasteiger partial charge in [-0.15, -0.1) is 0 Å². The number of nitrogens with one attached hydrogen (secondary N) is 1. The molecule has 1 N–H and O–H groups in total. The summed E-state index contributed by atoms with van der Waals surface area (Å²) in [5, 5.41) is 3.64. The van der Waals surface area contributed by atoms with Crippen molar-refractivity contribution < 1.29 is 4.79 Å². The summed E-state index contributed by atoms with van der Waals surface area (Å²) < 4.78 is 8.31. The number of fused-ring (bicyclic) bond motifs is 1. The van der Waals surface area contributed by atoms with Crippen LogP contribution in [0.5, 0.6) is 0 Å². The lowest BCUT2D eigenvalue weighted by molar-refractivity contribution is 0.243. The van der Waals surface area contributed by atoms with Crippen LogP contribution in [-0.2, 0) is 11.4 Å². The highest BCUT2D eigenvalue weighted by Gasteiger charge is 2.28. The van der Waals surface area contributed by atoms with Crippen molar-refractivity contribution in [3.63, 3.8) is 0 Å². The van der Waals surface area contributed by atoms with Crippen LogP contribution in [0.3, 0.4) is 0 Å². The third-order valence-corrected chi connectivity index (χ3v) is 3.87. The molecule has 2 aliphatic rings. The molecule has 0 radical (unpaired) electrons. The summed E-state index contributed by atoms with van der Waals surface area (Å²) in [5.41, 5.74) is 1.75. The van der Waals surface area contributed by atoms with Gasteiger partial charge in [0.25, 0.3) is 0 Å². The highest BCUT2D eigenvalue weighted by atomic mass is 35.5. The molecule has 1 fully saturated rings. The van der Waals surface area contributed by atoms with E-state index in [1.165, 1.54) is 0 Å². The van der Waals surface area contributed by atoms with Gasteiger partial charge in [0.05, 0.1) is 27.1 Å². The van der Waals surface area contributed by atoms with Crippen molar-refractivity contribution in [1.82, 2.24) is 5.32 Å². The van der Waals surface area contributed by atoms with E-state index in [-0.39, 0.29) is 6.03 Å². The second kappa shape index (κ2) is 4.53. The Morgan fingerprint density at radius 2 is 2.06 bits per heavy atom. The first-order valence-electron chi connectivity index (χ1n) is 5.34. The highest BCUT2D eigenvalue weighted by Crippen LogP contribution is 2.49. The van der Waals surface area contributed by atoms with Crippen molar-refractivity contribution in [2.45, 2.75) is 6.42 Å². The van der Waals surface area contributed by atoms with Gasteiger partial charge in [-0.1, -0.05) is 23.2 Å². The Balaban J connectivity index is 2.15. The third-order valence-electron chi connectivity index (χ3n) is 2.77. The quantitative estimate of drug-likeness (QED) is 0.859. The van der Waals surface area contributed by atoms with Gasteiger partial charge in [0, 0.05) is 13.1 Å². The van der Waals surface area contributed by atoms with Crippen LogP contribution in [0, 0.1) is 0 Å². The first-order valence-corrected chi connectivity index (χ1v) is 6.83. The van der Waals surface area contributed by atoms with Crippen LogP contribution in [0.15, 0.2) is 14.8 Å². The molecule has 0 atom stereocenters. The standard InChI is InChI=1S/C10H8Cl2N4OS/c11-5-4-6(12)9(8-7(5)14-18-15-8)16-3-1-2-13-10(16)17/h4H,1-3H2,(H,13,17). The Bertz CT molecular complexity index is 612. The minimum Gasteiger partial charge on any atom is -0.338 e. The Kier molecular flexibility index (Phi) is 3.01. The number of carbonyl (C=O) groups is 1. The zero-order chi connectivity index (χ0) is 12.7. The molecule has 0 saturated carbocycles. The van der Waals surface area contributed by atoms with E-state index in [2.05, 4.69) is 14.0 Å². The molecule has 8 heteroatoms. The Hall–Kier alpha value is -1.11. The predicted molar refractivity (Wildman–Crippen MR) is 73.4 cm³/mol. The molecule has 2 aliphatic heterocycles. The molecule has 5 nitrogen and oxygen atoms in total. The molecule has 0 unspecified atom stereocenters. The second-order valence-corrected chi connectivity index (χ2v) is 5.23. The molecule has 0 aliphatic carbocycles. The van der Waals surface area contributed by atoms with E-state index in [0.29, 0.717) is 40.2 Å². The normalized spacial score (nSPS) is 17.4. The van der Waals surface area contributed by atoms with Gasteiger partial charge in [-0.2, -0.15) is 8.73 Å². The van der Waals surface area contributed by atoms with Gasteiger partial charge in [-0.3, -0.25) is 4.90 Å². The van der Waals surface area contributed by atoms with Crippen molar-refractivity contribution >= 4 is 57.6 Å². The summed E-state index contributed by atoms with van der Waals surface area (Å²) in [6, 6.07) is 1.43. The number of halogens is 2. The maximum Gasteiger partial charge on any atom is 0.321 e. The molecule has 0 aromatic heterocycles. The van der Waals surface area contributed by atoms with Gasteiger partial charge < -0.3 is 5.32 Å². The van der Waals surface area contributed by atoms with Crippen LogP contribution >= 0.6 is 23.2 Å². The molecule has 0 bridgehead atoms. The number of urea groups is 1. The average Bonchev–Trinajstić information content (AvgIpc) is 2.81. The summed E-state index contributed by atoms with van der Waals surface area (Å²) in [5.74, 6) is 0. The Labute approximate surface area is 117 Å². The average molecular weight is 303 g/mol. The molecule has 1 aromatic carbocycles. The SMILES string of the molecule is O=C1NCCCN1c1c(Cl)cc(Cl)c2c1N=S=N2. The number of nitrogens with zero attached hydrogens (tertiary/aromatic N) is 3. The number of hydrogen-bond donors (Lipinski definition) is 1. The van der Waals surface area contributed by atoms with Gasteiger partial charge in [0.15, 0.2) is 0 Å². The molecule has 2 heterocycles. The fraction of sp³-hybridized carbons (Fsp3) is 0.300. The largest absolute Gasteiger partial charge is 0.338 e. The molecular weight excluding hydrogens is 295 g/mol. The van der Waals surface area contributed by atoms with Crippen LogP contribution in [0.25, 0.3) is 0 Å². The van der Waals surface area contributed by atoms with Crippen molar-refractivity contribution in [1.29, 1.82) is 0 Å². The summed E-state index contributed by atoms with van der Waals surface area (Å²) >= 11 is 13.3. The minimum atomic E-state index is -0.167. The van der Waals surface area contributed by atoms with Crippen LogP contribution in [0.2, 0.25) is 10.0 Å². The third kappa shape index (κ3) is 1.81. The molecule has 3 rings (SSSR count). The van der Waals surface area contributed by atoms with Crippen molar-refractivity contribution in [2.24, 2.45) is 8.73 Å². The predicted octanol–water partition coefficient (Wildman–Crippen LogP) is 3.64. The van der Waals surface area contributed by atoms with E-state index in [0.717, 1.165) is 17.8 Å². The number of hydrogen-bond acceptors (Lipinski definition) is 3. The maximum atomic E-state index is 11.9. The minimum absolute atomic E-state index is 0.167. The molecule has 2 amide bonds. The van der Waals surface area contributed by atoms with E-state index in [1.807, 2.05) is 0 Å². The second-order valence-electron chi connectivity index (χ2n) is 3.89. The van der Waals surface area contributed by atoms with E-state index in [1.54, 1.807) is 11.0 Å². The smallest absolute Gasteiger partial charge is 0.321 e. The van der Waals surface area contributed by atoms with Crippen LogP contribution in [0.4, 0.5) is 21.9 Å². The van der Waals surface area contributed by atoms with Crippen LogP contribution < -0.4 is 10.2 Å². The Morgan fingerprint density at radius 3 is 2.83 bits per heavy atom. The summed E-state index contributed by atoms with van der Waals surface area (Å²) in [6.07, 6.45) is 0.865. The number of anilines is 1. The molecule has 18 heavy (non-hydrogen) atoms. The van der Waals surface area contributed by atoms with E-state index >= 15 is 0 Å². The lowest BCUT2D eigenvalue weighted by Crippen LogP contribution is -2.46. The number of amides is 2. The number of carbonyl (C=O) groups excluding carboxylic acids is 1. The molecule has 0 spiro atoms. The van der Waals surface area contributed by atoms with Crippen molar-refractivity contribution in [3.8, 4) is 0 Å². The maximum absolute atomic E-state index is 11.9. The molecule has 1 aromatic rings. The molecule has 94 valence electrons. The van der Waals surface area contributed by atoms with Gasteiger partial charge in [0.1, 0.15) is 11.4 Å². The van der Waals surface area contributed by atoms with Crippen molar-refractivity contribution in [3.05, 3.63) is 16.1 Å². The summed E-state index contributed by atoms with van der Waals surface area (Å²) in [6.45, 7) is 1.29. The van der Waals surface area contributed by atoms with E-state index in [9.17, 15) is 4.79 Å². The Morgan fingerprint density at radius 1 is 1.28 bits per heavy atom. The van der Waals surface area contributed by atoms with Crippen LogP contribution in [0.1, 0.15) is 6.42 Å². The topological polar surface area (TPSA) is 57.1 Å². The van der Waals surface area contributed by atoms with E-state index in [4.69, 9.17) is 23.2 Å². The monoisotopic (exact) mass is 302 g/mol. The number of benzene rings is 1. The van der Waals surface area contributed by atoms with Gasteiger partial charge in [0.2, 0.25) is 0 Å². The lowest BCUT2D eigenvalue weighted by Gasteiger charge is -2.29. The fourth-order valence-electron chi connectivity index (χ4n) is 1.96. The van der Waals surface area contributed by atoms with Crippen LogP contribution in [-0.4, -0.2) is 19.1 Å². The number of rotatable bonds is 1. The summed E-state index contributed by atoms with van der Waals surface area (Å²) in [7, 11) is 0. The van der Waals surface area contributed by atoms with Gasteiger partial charge >= 0.3 is 6.03 Å². The van der Waals surface area contributed by atoms with Gasteiger partial charge in [-0.25, -0.2) is 4.79 Å². The fourth-order valence-corrected chi connectivity index (χ4v) is 3.17. The molecule has 1 saturated heterocycles. The zero-order valence-electron chi connectivity index (χ0n) is 9.11. The molecular formula is C10H8Cl2N4OS. The van der Waals surface area contributed by atoms with Crippen molar-refractivity contribution in [2.75, 3.05) is 18.0 Å².